The van der Waals surface area contributed by atoms with Gasteiger partial charge in [0.15, 0.2) is 5.60 Å². The number of nitrogens with zero attached hydrogens (tertiary/aromatic N) is 1. The maximum absolute atomic E-state index is 12.9. The molecule has 1 heterocycles. The highest BCUT2D eigenvalue weighted by Crippen LogP contribution is 2.43. The van der Waals surface area contributed by atoms with Crippen molar-refractivity contribution >= 4 is 29.3 Å². The zero-order chi connectivity index (χ0) is 16.1. The highest BCUT2D eigenvalue weighted by Gasteiger charge is 2.46. The molecule has 0 radical (unpaired) electrons. The first-order valence-electron chi connectivity index (χ1n) is 8.89. The Morgan fingerprint density at radius 1 is 1.12 bits per heavy atom. The molecule has 0 amide bonds. The van der Waals surface area contributed by atoms with E-state index < -0.39 is 5.60 Å². The molecule has 1 atom stereocenters. The van der Waals surface area contributed by atoms with Crippen molar-refractivity contribution in [1.82, 2.24) is 4.90 Å². The van der Waals surface area contributed by atoms with Crippen LogP contribution in [0.4, 0.5) is 0 Å². The fourth-order valence-corrected chi connectivity index (χ4v) is 4.98. The molecular weight excluding hydrogens is 342 g/mol. The maximum atomic E-state index is 12.9. The van der Waals surface area contributed by atoms with Crippen molar-refractivity contribution in [1.29, 1.82) is 0 Å². The van der Waals surface area contributed by atoms with Crippen molar-refractivity contribution in [3.05, 3.63) is 35.9 Å². The van der Waals surface area contributed by atoms with Crippen molar-refractivity contribution in [2.75, 3.05) is 25.4 Å². The molecule has 3 nitrogen and oxygen atoms in total. The van der Waals surface area contributed by atoms with E-state index in [4.69, 9.17) is 0 Å². The van der Waals surface area contributed by atoms with Crippen molar-refractivity contribution in [2.45, 2.75) is 44.1 Å². The number of carbonyl (C=O) groups is 1. The summed E-state index contributed by atoms with van der Waals surface area (Å²) in [5.41, 5.74) is -0.543. The molecule has 1 N–H and O–H groups in total. The summed E-state index contributed by atoms with van der Waals surface area (Å²) in [4.78, 5) is 15.3. The molecule has 1 saturated carbocycles. The largest absolute Gasteiger partial charge is 0.376 e. The van der Waals surface area contributed by atoms with Gasteiger partial charge < -0.3 is 10.0 Å². The average Bonchev–Trinajstić information content (AvgIpc) is 3.28. The van der Waals surface area contributed by atoms with Crippen molar-refractivity contribution < 1.29 is 9.90 Å². The molecule has 3 rings (SSSR count). The van der Waals surface area contributed by atoms with E-state index >= 15 is 0 Å². The lowest BCUT2D eigenvalue weighted by Gasteiger charge is -2.33. The molecule has 0 spiro atoms. The molecule has 0 aromatic heterocycles. The van der Waals surface area contributed by atoms with E-state index in [0.717, 1.165) is 56.6 Å². The molecule has 24 heavy (non-hydrogen) atoms. The van der Waals surface area contributed by atoms with E-state index in [-0.39, 0.29) is 23.4 Å². The van der Waals surface area contributed by atoms with Crippen LogP contribution in [0.2, 0.25) is 0 Å². The Labute approximate surface area is 155 Å². The van der Waals surface area contributed by atoms with Gasteiger partial charge in [0, 0.05) is 12.3 Å². The van der Waals surface area contributed by atoms with Gasteiger partial charge in [-0.05, 0) is 50.3 Å². The summed E-state index contributed by atoms with van der Waals surface area (Å²) >= 11 is 1.32. The van der Waals surface area contributed by atoms with Crippen LogP contribution in [0.3, 0.4) is 0 Å². The van der Waals surface area contributed by atoms with E-state index in [1.807, 2.05) is 30.3 Å². The predicted molar refractivity (Wildman–Crippen MR) is 103 cm³/mol. The van der Waals surface area contributed by atoms with E-state index in [1.165, 1.54) is 24.6 Å². The van der Waals surface area contributed by atoms with Crippen LogP contribution in [-0.2, 0) is 10.4 Å². The second kappa shape index (κ2) is 9.23. The van der Waals surface area contributed by atoms with Crippen LogP contribution in [0.25, 0.3) is 0 Å². The number of benzene rings is 1. The third-order valence-electron chi connectivity index (χ3n) is 5.31. The number of hydrogen-bond acceptors (Lipinski definition) is 4. The van der Waals surface area contributed by atoms with Gasteiger partial charge in [0.05, 0.1) is 0 Å². The molecule has 1 aliphatic heterocycles. The van der Waals surface area contributed by atoms with Crippen molar-refractivity contribution in [3.8, 4) is 0 Å². The van der Waals surface area contributed by atoms with Gasteiger partial charge in [0.2, 0.25) is 5.12 Å². The van der Waals surface area contributed by atoms with E-state index in [9.17, 15) is 9.90 Å². The third-order valence-corrected chi connectivity index (χ3v) is 6.27. The van der Waals surface area contributed by atoms with Crippen LogP contribution in [0, 0.1) is 5.92 Å². The number of hydrogen-bond donors (Lipinski definition) is 1. The molecular formula is C19H28ClNO2S. The fraction of sp³-hybridized carbons (Fsp3) is 0.632. The fourth-order valence-electron chi connectivity index (χ4n) is 3.94. The highest BCUT2D eigenvalue weighted by molar-refractivity contribution is 8.13. The summed E-state index contributed by atoms with van der Waals surface area (Å²) in [7, 11) is 0. The molecule has 5 heteroatoms. The number of thioether (sulfide) groups is 1. The van der Waals surface area contributed by atoms with Crippen molar-refractivity contribution in [3.63, 3.8) is 0 Å². The minimum absolute atomic E-state index is 0. The quantitative estimate of drug-likeness (QED) is 0.827. The van der Waals surface area contributed by atoms with E-state index in [1.54, 1.807) is 0 Å². The van der Waals surface area contributed by atoms with Gasteiger partial charge in [-0.15, -0.1) is 12.4 Å². The Balaban J connectivity index is 0.00000208. The van der Waals surface area contributed by atoms with Crippen molar-refractivity contribution in [2.24, 2.45) is 5.92 Å². The molecule has 1 saturated heterocycles. The van der Waals surface area contributed by atoms with Gasteiger partial charge in [-0.2, -0.15) is 0 Å². The molecule has 1 aromatic carbocycles. The highest BCUT2D eigenvalue weighted by atomic mass is 35.5. The number of halogens is 1. The molecule has 2 fully saturated rings. The summed E-state index contributed by atoms with van der Waals surface area (Å²) in [6, 6.07) is 9.56. The van der Waals surface area contributed by atoms with Crippen LogP contribution in [0.5, 0.6) is 0 Å². The normalized spacial score (nSPS) is 21.4. The zero-order valence-corrected chi connectivity index (χ0v) is 15.8. The second-order valence-electron chi connectivity index (χ2n) is 6.80. The topological polar surface area (TPSA) is 40.5 Å². The smallest absolute Gasteiger partial charge is 0.225 e. The Hall–Kier alpha value is -0.550. The SMILES string of the molecule is Cl.O=C(SCCN1CCCC1)C(O)(c1ccccc1)C1CCCC1. The third kappa shape index (κ3) is 4.34. The zero-order valence-electron chi connectivity index (χ0n) is 14.2. The lowest BCUT2D eigenvalue weighted by molar-refractivity contribution is -0.134. The van der Waals surface area contributed by atoms with Crippen LogP contribution >= 0.6 is 24.2 Å². The minimum atomic E-state index is -1.31. The molecule has 1 unspecified atom stereocenters. The van der Waals surface area contributed by atoms with Gasteiger partial charge >= 0.3 is 0 Å². The number of likely N-dealkylation sites (tertiary alicyclic amines) is 1. The Bertz CT molecular complexity index is 515. The second-order valence-corrected chi connectivity index (χ2v) is 7.87. The first-order valence-corrected chi connectivity index (χ1v) is 9.87. The number of carbonyl (C=O) groups excluding carboxylic acids is 1. The molecule has 2 aliphatic rings. The summed E-state index contributed by atoms with van der Waals surface area (Å²) in [5.74, 6) is 0.845. The lowest BCUT2D eigenvalue weighted by Crippen LogP contribution is -2.41. The summed E-state index contributed by atoms with van der Waals surface area (Å²) in [6.07, 6.45) is 6.67. The molecule has 134 valence electrons. The van der Waals surface area contributed by atoms with Gasteiger partial charge in [-0.25, -0.2) is 0 Å². The van der Waals surface area contributed by atoms with Crippen LogP contribution in [-0.4, -0.2) is 40.5 Å². The van der Waals surface area contributed by atoms with Crippen LogP contribution < -0.4 is 0 Å². The van der Waals surface area contributed by atoms with Gasteiger partial charge in [-0.3, -0.25) is 4.79 Å². The molecule has 1 aliphatic carbocycles. The summed E-state index contributed by atoms with van der Waals surface area (Å²) in [5, 5.41) is 11.3. The first-order chi connectivity index (χ1) is 11.2. The first kappa shape index (κ1) is 19.8. The Morgan fingerprint density at radius 3 is 2.38 bits per heavy atom. The Kier molecular flexibility index (Phi) is 7.60. The van der Waals surface area contributed by atoms with Gasteiger partial charge in [-0.1, -0.05) is 54.9 Å². The number of aliphatic hydroxyl groups is 1. The Morgan fingerprint density at radius 2 is 1.75 bits per heavy atom. The van der Waals surface area contributed by atoms with E-state index in [0.29, 0.717) is 0 Å². The maximum Gasteiger partial charge on any atom is 0.225 e. The minimum Gasteiger partial charge on any atom is -0.376 e. The molecule has 1 aromatic rings. The standard InChI is InChI=1S/C19H27NO2S.ClH/c21-18(23-15-14-20-12-6-7-13-20)19(22,17-10-4-5-11-17)16-8-2-1-3-9-16;/h1-3,8-9,17,22H,4-7,10-15H2;1H. The van der Waals surface area contributed by atoms with E-state index in [2.05, 4.69) is 4.90 Å². The van der Waals surface area contributed by atoms with Gasteiger partial charge in [0.25, 0.3) is 0 Å². The monoisotopic (exact) mass is 369 g/mol. The number of rotatable bonds is 6. The molecule has 0 bridgehead atoms. The van der Waals surface area contributed by atoms with Crippen LogP contribution in [0.15, 0.2) is 30.3 Å². The summed E-state index contributed by atoms with van der Waals surface area (Å²) < 4.78 is 0. The predicted octanol–water partition coefficient (Wildman–Crippen LogP) is 3.84. The van der Waals surface area contributed by atoms with Gasteiger partial charge in [0.1, 0.15) is 0 Å². The average molecular weight is 370 g/mol. The lowest BCUT2D eigenvalue weighted by atomic mass is 9.81. The van der Waals surface area contributed by atoms with Crippen LogP contribution in [0.1, 0.15) is 44.1 Å². The summed E-state index contributed by atoms with van der Waals surface area (Å²) in [6.45, 7) is 3.26.